The van der Waals surface area contributed by atoms with Gasteiger partial charge in [-0.25, -0.2) is 4.39 Å². The predicted octanol–water partition coefficient (Wildman–Crippen LogP) is 6.89. The molecule has 4 heteroatoms. The first kappa shape index (κ1) is 22.0. The Morgan fingerprint density at radius 2 is 2.03 bits per heavy atom. The SMILES string of the molecule is C[C@]12CC=C3C=C4CC[C@@H](N5CC[C@@H](F)C5)C[C@]45CC[C@]3(O5)[C@@H]1CC[C@@H]2c1ccc2ccncc2c1. The van der Waals surface area contributed by atoms with Crippen LogP contribution in [0, 0.1) is 11.3 Å². The van der Waals surface area contributed by atoms with E-state index in [9.17, 15) is 4.39 Å². The molecule has 4 heterocycles. The van der Waals surface area contributed by atoms with E-state index < -0.39 is 6.17 Å². The summed E-state index contributed by atoms with van der Waals surface area (Å²) in [7, 11) is 0. The summed E-state index contributed by atoms with van der Waals surface area (Å²) in [5.41, 5.74) is 4.47. The fourth-order valence-electron chi connectivity index (χ4n) is 9.64. The van der Waals surface area contributed by atoms with Crippen molar-refractivity contribution in [3.05, 3.63) is 65.5 Å². The quantitative estimate of drug-likeness (QED) is 0.464. The third kappa shape index (κ3) is 2.89. The van der Waals surface area contributed by atoms with Crippen LogP contribution in [0.25, 0.3) is 10.8 Å². The second-order valence-corrected chi connectivity index (χ2v) is 13.0. The van der Waals surface area contributed by atoms with Crippen LogP contribution in [0.3, 0.4) is 0 Å². The highest BCUT2D eigenvalue weighted by Gasteiger charge is 2.66. The van der Waals surface area contributed by atoms with E-state index in [4.69, 9.17) is 4.74 Å². The first-order chi connectivity index (χ1) is 17.5. The van der Waals surface area contributed by atoms with Crippen molar-refractivity contribution in [3.8, 4) is 0 Å². The van der Waals surface area contributed by atoms with Gasteiger partial charge in [-0.15, -0.1) is 0 Å². The van der Waals surface area contributed by atoms with Crippen LogP contribution in [-0.4, -0.2) is 46.4 Å². The van der Waals surface area contributed by atoms with Gasteiger partial charge >= 0.3 is 0 Å². The molecular weight excluding hydrogens is 447 g/mol. The van der Waals surface area contributed by atoms with Crippen molar-refractivity contribution in [3.63, 3.8) is 0 Å². The van der Waals surface area contributed by atoms with Gasteiger partial charge in [0.1, 0.15) is 6.17 Å². The number of alkyl halides is 1. The van der Waals surface area contributed by atoms with Gasteiger partial charge in [-0.1, -0.05) is 31.2 Å². The number of ether oxygens (including phenoxy) is 1. The predicted molar refractivity (Wildman–Crippen MR) is 141 cm³/mol. The van der Waals surface area contributed by atoms with Gasteiger partial charge in [0.15, 0.2) is 0 Å². The Bertz CT molecular complexity index is 1300. The lowest BCUT2D eigenvalue weighted by atomic mass is 9.58. The molecule has 2 spiro atoms. The molecule has 1 aromatic carbocycles. The lowest BCUT2D eigenvalue weighted by molar-refractivity contribution is -0.140. The largest absolute Gasteiger partial charge is 0.359 e. The Morgan fingerprint density at radius 1 is 1.08 bits per heavy atom. The average molecular weight is 485 g/mol. The number of pyridine rings is 1. The molecule has 3 nitrogen and oxygen atoms in total. The van der Waals surface area contributed by atoms with E-state index in [-0.39, 0.29) is 16.6 Å². The molecule has 2 bridgehead atoms. The number of allylic oxidation sites excluding steroid dienone is 1. The summed E-state index contributed by atoms with van der Waals surface area (Å²) >= 11 is 0. The molecule has 2 saturated carbocycles. The number of hydrogen-bond donors (Lipinski definition) is 0. The summed E-state index contributed by atoms with van der Waals surface area (Å²) in [4.78, 5) is 6.81. The molecule has 0 N–H and O–H groups in total. The van der Waals surface area contributed by atoms with Crippen molar-refractivity contribution in [1.29, 1.82) is 0 Å². The minimum absolute atomic E-state index is 0.111. The molecule has 1 aromatic heterocycles. The molecule has 8 rings (SSSR count). The van der Waals surface area contributed by atoms with Crippen LogP contribution in [-0.2, 0) is 4.74 Å². The monoisotopic (exact) mass is 484 g/mol. The molecule has 188 valence electrons. The number of nitrogens with zero attached hydrogens (tertiary/aromatic N) is 2. The number of aromatic nitrogens is 1. The molecule has 7 atom stereocenters. The number of fused-ring (bicyclic) bond motifs is 2. The minimum Gasteiger partial charge on any atom is -0.359 e. The summed E-state index contributed by atoms with van der Waals surface area (Å²) in [6.45, 7) is 4.09. The Hall–Kier alpha value is -2.04. The lowest BCUT2D eigenvalue weighted by Crippen LogP contribution is -2.55. The van der Waals surface area contributed by atoms with E-state index in [2.05, 4.69) is 53.2 Å². The zero-order chi connectivity index (χ0) is 24.1. The Balaban J connectivity index is 1.14. The van der Waals surface area contributed by atoms with Gasteiger partial charge in [0.05, 0.1) is 11.2 Å². The molecule has 2 saturated heterocycles. The summed E-state index contributed by atoms with van der Waals surface area (Å²) in [6, 6.07) is 9.63. The first-order valence-electron chi connectivity index (χ1n) is 14.3. The zero-order valence-corrected chi connectivity index (χ0v) is 21.4. The van der Waals surface area contributed by atoms with Crippen LogP contribution in [0.5, 0.6) is 0 Å². The molecule has 0 radical (unpaired) electrons. The van der Waals surface area contributed by atoms with Crippen LogP contribution in [0.15, 0.2) is 60.0 Å². The van der Waals surface area contributed by atoms with Gasteiger partial charge < -0.3 is 4.74 Å². The molecule has 3 aliphatic carbocycles. The van der Waals surface area contributed by atoms with Gasteiger partial charge in [-0.2, -0.15) is 0 Å². The van der Waals surface area contributed by atoms with Crippen molar-refractivity contribution in [2.45, 2.75) is 94.0 Å². The third-order valence-electron chi connectivity index (χ3n) is 11.4. The maximum Gasteiger partial charge on any atom is 0.114 e. The average Bonchev–Trinajstić information content (AvgIpc) is 3.57. The normalized spacial score (nSPS) is 43.6. The minimum atomic E-state index is -0.642. The zero-order valence-electron chi connectivity index (χ0n) is 21.4. The highest BCUT2D eigenvalue weighted by atomic mass is 19.1. The van der Waals surface area contributed by atoms with Crippen molar-refractivity contribution in [1.82, 2.24) is 9.88 Å². The van der Waals surface area contributed by atoms with E-state index in [0.29, 0.717) is 30.8 Å². The summed E-state index contributed by atoms with van der Waals surface area (Å²) in [6.07, 6.45) is 18.3. The summed E-state index contributed by atoms with van der Waals surface area (Å²) in [5.74, 6) is 1.11. The van der Waals surface area contributed by atoms with E-state index in [0.717, 1.165) is 45.1 Å². The van der Waals surface area contributed by atoms with Crippen molar-refractivity contribution in [2.75, 3.05) is 13.1 Å². The first-order valence-corrected chi connectivity index (χ1v) is 14.3. The molecule has 0 amide bonds. The number of hydrogen-bond acceptors (Lipinski definition) is 3. The Labute approximate surface area is 213 Å². The van der Waals surface area contributed by atoms with E-state index >= 15 is 0 Å². The maximum absolute atomic E-state index is 14.0. The van der Waals surface area contributed by atoms with Crippen LogP contribution in [0.4, 0.5) is 4.39 Å². The number of rotatable bonds is 2. The smallest absolute Gasteiger partial charge is 0.114 e. The highest BCUT2D eigenvalue weighted by Crippen LogP contribution is 2.69. The molecular formula is C32H37FN2O. The number of likely N-dealkylation sites (tertiary alicyclic amines) is 1. The molecule has 3 aliphatic heterocycles. The maximum atomic E-state index is 14.0. The summed E-state index contributed by atoms with van der Waals surface area (Å²) < 4.78 is 21.5. The number of halogens is 1. The standard InChI is InChI=1S/C32H37FN2O/c1-30-11-8-25-17-24-4-5-27(35-15-10-26(33)20-35)18-31(24)12-13-32(25,36-31)29(30)7-6-28(30)22-3-2-21-9-14-34-19-23(21)16-22/h2-3,8-9,14,16-17,19,26-29H,4-7,10-13,15,18,20H2,1H3/t26-,27-,28-,29-,30-,31-,32-/m1/s1. The molecule has 36 heavy (non-hydrogen) atoms. The Kier molecular flexibility index (Phi) is 4.59. The molecule has 0 unspecified atom stereocenters. The van der Waals surface area contributed by atoms with Gasteiger partial charge in [-0.05, 0) is 109 Å². The van der Waals surface area contributed by atoms with Crippen LogP contribution < -0.4 is 0 Å². The topological polar surface area (TPSA) is 25.4 Å². The van der Waals surface area contributed by atoms with E-state index in [1.54, 1.807) is 0 Å². The second kappa shape index (κ2) is 7.51. The van der Waals surface area contributed by atoms with Crippen LogP contribution in [0.1, 0.15) is 76.2 Å². The van der Waals surface area contributed by atoms with Gasteiger partial charge in [0.25, 0.3) is 0 Å². The molecule has 6 aliphatic rings. The van der Waals surface area contributed by atoms with E-state index in [1.165, 1.54) is 40.3 Å². The molecule has 4 fully saturated rings. The van der Waals surface area contributed by atoms with Crippen molar-refractivity contribution < 1.29 is 9.13 Å². The fourth-order valence-corrected chi connectivity index (χ4v) is 9.64. The Morgan fingerprint density at radius 3 is 2.92 bits per heavy atom. The van der Waals surface area contributed by atoms with E-state index in [1.807, 2.05) is 12.4 Å². The number of benzene rings is 1. The van der Waals surface area contributed by atoms with Crippen molar-refractivity contribution >= 4 is 10.8 Å². The van der Waals surface area contributed by atoms with Crippen LogP contribution in [0.2, 0.25) is 0 Å². The second-order valence-electron chi connectivity index (χ2n) is 13.0. The fraction of sp³-hybridized carbons (Fsp3) is 0.594. The summed E-state index contributed by atoms with van der Waals surface area (Å²) in [5, 5.41) is 2.52. The highest BCUT2D eigenvalue weighted by molar-refractivity contribution is 5.82. The van der Waals surface area contributed by atoms with Gasteiger partial charge in [0.2, 0.25) is 0 Å². The van der Waals surface area contributed by atoms with Gasteiger partial charge in [-0.3, -0.25) is 9.88 Å². The lowest BCUT2D eigenvalue weighted by Gasteiger charge is -2.55. The third-order valence-corrected chi connectivity index (χ3v) is 11.4. The molecule has 2 aromatic rings. The van der Waals surface area contributed by atoms with Gasteiger partial charge in [0, 0.05) is 36.9 Å². The van der Waals surface area contributed by atoms with Crippen LogP contribution >= 0.6 is 0 Å². The van der Waals surface area contributed by atoms with Crippen molar-refractivity contribution in [2.24, 2.45) is 11.3 Å².